The molecule has 0 aromatic heterocycles. The third-order valence-corrected chi connectivity index (χ3v) is 9.55. The number of carbonyl (C=O) groups excluding carboxylic acids is 2. The molecular formula is C40H77NaO4. The molecule has 0 aliphatic heterocycles. The Morgan fingerprint density at radius 1 is 0.422 bits per heavy atom. The fourth-order valence-electron chi connectivity index (χ4n) is 6.63. The van der Waals surface area contributed by atoms with Gasteiger partial charge in [0.2, 0.25) is 0 Å². The van der Waals surface area contributed by atoms with Crippen LogP contribution in [0, 0.1) is 0 Å². The van der Waals surface area contributed by atoms with Gasteiger partial charge >= 0.3 is 35.5 Å². The maximum atomic E-state index is 13.3. The standard InChI is InChI=1S/C40H78O4.Na/c1-4-7-10-13-16-19-22-27-32-37-40(35-30-25-14-11-8-5-2,36-31-26-15-12-9-6-3)44-39(43)34-29-24-21-18-17-20-23-28-33-38(41)42;/h4-37H2,1-3H3,(H,41,42);/q;+1/p-1. The van der Waals surface area contributed by atoms with Crippen LogP contribution in [0.5, 0.6) is 0 Å². The molecule has 0 aliphatic carbocycles. The number of carbonyl (C=O) groups is 2. The number of aliphatic carboxylic acids is 1. The molecule has 5 heteroatoms. The fourth-order valence-corrected chi connectivity index (χ4v) is 6.63. The Morgan fingerprint density at radius 2 is 0.689 bits per heavy atom. The molecule has 0 aromatic carbocycles. The third kappa shape index (κ3) is 33.6. The summed E-state index contributed by atoms with van der Waals surface area (Å²) >= 11 is 0. The van der Waals surface area contributed by atoms with Crippen LogP contribution < -0.4 is 34.7 Å². The average Bonchev–Trinajstić information content (AvgIpc) is 3.00. The molecule has 0 saturated carbocycles. The first-order valence-corrected chi connectivity index (χ1v) is 19.9. The smallest absolute Gasteiger partial charge is 0.550 e. The first kappa shape index (κ1) is 47.1. The number of carboxylic acids is 1. The van der Waals surface area contributed by atoms with Crippen molar-refractivity contribution in [3.63, 3.8) is 0 Å². The Labute approximate surface area is 304 Å². The van der Waals surface area contributed by atoms with Crippen LogP contribution >= 0.6 is 0 Å². The van der Waals surface area contributed by atoms with Gasteiger partial charge in [-0.05, 0) is 57.8 Å². The van der Waals surface area contributed by atoms with E-state index in [0.717, 1.165) is 64.2 Å². The predicted octanol–water partition coefficient (Wildman–Crippen LogP) is 9.35. The molecule has 0 heterocycles. The molecule has 0 bridgehead atoms. The van der Waals surface area contributed by atoms with E-state index >= 15 is 0 Å². The van der Waals surface area contributed by atoms with Crippen LogP contribution in [-0.4, -0.2) is 17.5 Å². The van der Waals surface area contributed by atoms with Crippen molar-refractivity contribution in [1.82, 2.24) is 0 Å². The summed E-state index contributed by atoms with van der Waals surface area (Å²) in [5, 5.41) is 10.5. The minimum atomic E-state index is -0.937. The van der Waals surface area contributed by atoms with Crippen molar-refractivity contribution in [3.8, 4) is 0 Å². The number of ether oxygens (including phenoxy) is 1. The Bertz CT molecular complexity index is 607. The normalized spacial score (nSPS) is 11.4. The van der Waals surface area contributed by atoms with Gasteiger partial charge in [0.15, 0.2) is 0 Å². The predicted molar refractivity (Wildman–Crippen MR) is 188 cm³/mol. The maximum absolute atomic E-state index is 13.3. The van der Waals surface area contributed by atoms with Gasteiger partial charge in [-0.3, -0.25) is 4.79 Å². The minimum absolute atomic E-state index is 0. The van der Waals surface area contributed by atoms with Crippen LogP contribution in [0.15, 0.2) is 0 Å². The van der Waals surface area contributed by atoms with Gasteiger partial charge in [0.1, 0.15) is 5.60 Å². The van der Waals surface area contributed by atoms with Gasteiger partial charge in [-0.25, -0.2) is 0 Å². The molecule has 0 saturated heterocycles. The molecular weight excluding hydrogens is 567 g/mol. The molecule has 0 amide bonds. The zero-order valence-corrected chi connectivity index (χ0v) is 33.2. The molecule has 0 rings (SSSR count). The van der Waals surface area contributed by atoms with Crippen LogP contribution in [0.25, 0.3) is 0 Å². The molecule has 0 aliphatic rings. The summed E-state index contributed by atoms with van der Waals surface area (Å²) in [6.07, 6.45) is 39.5. The van der Waals surface area contributed by atoms with Gasteiger partial charge < -0.3 is 14.6 Å². The van der Waals surface area contributed by atoms with Gasteiger partial charge in [0, 0.05) is 12.4 Å². The molecule has 0 spiro atoms. The number of hydrogen-bond donors (Lipinski definition) is 0. The molecule has 0 N–H and O–H groups in total. The molecule has 0 aromatic rings. The Hall–Kier alpha value is -0.0600. The van der Waals surface area contributed by atoms with E-state index in [1.54, 1.807) is 0 Å². The monoisotopic (exact) mass is 645 g/mol. The van der Waals surface area contributed by atoms with E-state index < -0.39 is 5.97 Å². The van der Waals surface area contributed by atoms with E-state index in [4.69, 9.17) is 4.74 Å². The number of hydrogen-bond acceptors (Lipinski definition) is 4. The van der Waals surface area contributed by atoms with E-state index in [1.807, 2.05) is 0 Å². The van der Waals surface area contributed by atoms with Crippen molar-refractivity contribution in [2.45, 2.75) is 245 Å². The number of unbranched alkanes of at least 4 members (excludes halogenated alkanes) is 25. The van der Waals surface area contributed by atoms with Crippen LogP contribution in [-0.2, 0) is 14.3 Å². The molecule has 45 heavy (non-hydrogen) atoms. The summed E-state index contributed by atoms with van der Waals surface area (Å²) in [6.45, 7) is 6.84. The van der Waals surface area contributed by atoms with E-state index in [9.17, 15) is 14.7 Å². The van der Waals surface area contributed by atoms with Gasteiger partial charge in [-0.2, -0.15) is 0 Å². The summed E-state index contributed by atoms with van der Waals surface area (Å²) in [5.74, 6) is -0.895. The van der Waals surface area contributed by atoms with Crippen molar-refractivity contribution in [3.05, 3.63) is 0 Å². The van der Waals surface area contributed by atoms with Gasteiger partial charge in [-0.1, -0.05) is 175 Å². The van der Waals surface area contributed by atoms with Crippen molar-refractivity contribution in [1.29, 1.82) is 0 Å². The molecule has 0 atom stereocenters. The molecule has 262 valence electrons. The first-order valence-electron chi connectivity index (χ1n) is 19.9. The summed E-state index contributed by atoms with van der Waals surface area (Å²) in [7, 11) is 0. The van der Waals surface area contributed by atoms with E-state index in [-0.39, 0.29) is 47.5 Å². The quantitative estimate of drug-likeness (QED) is 0.0387. The second-order valence-corrected chi connectivity index (χ2v) is 14.0. The third-order valence-electron chi connectivity index (χ3n) is 9.55. The Morgan fingerprint density at radius 3 is 1.00 bits per heavy atom. The van der Waals surface area contributed by atoms with Crippen molar-refractivity contribution >= 4 is 11.9 Å². The summed E-state index contributed by atoms with van der Waals surface area (Å²) < 4.78 is 6.56. The van der Waals surface area contributed by atoms with E-state index in [0.29, 0.717) is 6.42 Å². The Kier molecular flexibility index (Phi) is 38.5. The van der Waals surface area contributed by atoms with Crippen molar-refractivity contribution in [2.24, 2.45) is 0 Å². The SMILES string of the molecule is CCCCCCCCCCCC(CCCCCCCC)(CCCCCCCC)OC(=O)CCCCCCCCCCC(=O)[O-].[Na+]. The molecule has 0 fully saturated rings. The van der Waals surface area contributed by atoms with Crippen LogP contribution in [0.4, 0.5) is 0 Å². The summed E-state index contributed by atoms with van der Waals surface area (Å²) in [6, 6.07) is 0. The van der Waals surface area contributed by atoms with Crippen LogP contribution in [0.1, 0.15) is 239 Å². The van der Waals surface area contributed by atoms with Crippen molar-refractivity contribution in [2.75, 3.05) is 0 Å². The summed E-state index contributed by atoms with van der Waals surface area (Å²) in [4.78, 5) is 23.8. The first-order chi connectivity index (χ1) is 21.5. The number of carboxylic acid groups (broad SMARTS) is 1. The molecule has 4 nitrogen and oxygen atoms in total. The zero-order valence-electron chi connectivity index (χ0n) is 31.2. The second-order valence-electron chi connectivity index (χ2n) is 14.0. The average molecular weight is 645 g/mol. The largest absolute Gasteiger partial charge is 1.00 e. The zero-order chi connectivity index (χ0) is 32.4. The van der Waals surface area contributed by atoms with Gasteiger partial charge in [-0.15, -0.1) is 0 Å². The maximum Gasteiger partial charge on any atom is 1.00 e. The van der Waals surface area contributed by atoms with Crippen LogP contribution in [0.2, 0.25) is 0 Å². The fraction of sp³-hybridized carbons (Fsp3) is 0.950. The second kappa shape index (κ2) is 36.8. The summed E-state index contributed by atoms with van der Waals surface area (Å²) in [5.41, 5.74) is -0.251. The van der Waals surface area contributed by atoms with Crippen LogP contribution in [0.3, 0.4) is 0 Å². The van der Waals surface area contributed by atoms with Crippen molar-refractivity contribution < 1.29 is 49.0 Å². The number of esters is 1. The minimum Gasteiger partial charge on any atom is -0.550 e. The Balaban J connectivity index is 0. The molecule has 0 radical (unpaired) electrons. The number of rotatable bonds is 36. The van der Waals surface area contributed by atoms with E-state index in [1.165, 1.54) is 141 Å². The van der Waals surface area contributed by atoms with Gasteiger partial charge in [0.05, 0.1) is 0 Å². The topological polar surface area (TPSA) is 66.4 Å². The molecule has 0 unspecified atom stereocenters. The van der Waals surface area contributed by atoms with E-state index in [2.05, 4.69) is 20.8 Å². The van der Waals surface area contributed by atoms with Gasteiger partial charge in [0.25, 0.3) is 0 Å².